The van der Waals surface area contributed by atoms with Crippen molar-refractivity contribution < 1.29 is 28.9 Å². The van der Waals surface area contributed by atoms with Gasteiger partial charge in [-0.15, -0.1) is 0 Å². The fraction of sp³-hybridized carbons (Fsp3) is 0.364. The largest absolute Gasteiger partial charge is 0.507 e. The number of aromatic hydroxyl groups is 1. The molecule has 0 bridgehead atoms. The van der Waals surface area contributed by atoms with E-state index in [1.807, 2.05) is 13.8 Å². The van der Waals surface area contributed by atoms with Gasteiger partial charge in [-0.25, -0.2) is 0 Å². The smallest absolute Gasteiger partial charge is 0.265 e. The highest BCUT2D eigenvalue weighted by molar-refractivity contribution is 6.22. The summed E-state index contributed by atoms with van der Waals surface area (Å²) in [5.41, 5.74) is 0.948. The summed E-state index contributed by atoms with van der Waals surface area (Å²) in [6.07, 6.45) is 0.323. The van der Waals surface area contributed by atoms with Crippen LogP contribution in [0.4, 0.5) is 0 Å². The summed E-state index contributed by atoms with van der Waals surface area (Å²) >= 11 is 0. The molecule has 1 heterocycles. The van der Waals surface area contributed by atoms with Gasteiger partial charge in [-0.2, -0.15) is 0 Å². The zero-order chi connectivity index (χ0) is 21.1. The lowest BCUT2D eigenvalue weighted by Crippen LogP contribution is -2.34. The van der Waals surface area contributed by atoms with Crippen LogP contribution in [-0.4, -0.2) is 48.8 Å². The molecule has 154 valence electrons. The molecule has 29 heavy (non-hydrogen) atoms. The minimum absolute atomic E-state index is 0.0343. The first-order chi connectivity index (χ1) is 13.9. The van der Waals surface area contributed by atoms with E-state index in [-0.39, 0.29) is 23.0 Å². The quantitative estimate of drug-likeness (QED) is 0.683. The van der Waals surface area contributed by atoms with Crippen LogP contribution in [0.15, 0.2) is 36.4 Å². The third-order valence-corrected chi connectivity index (χ3v) is 4.77. The van der Waals surface area contributed by atoms with Crippen LogP contribution < -0.4 is 9.47 Å². The Labute approximate surface area is 169 Å². The molecule has 1 atom stereocenters. The molecule has 2 aromatic rings. The molecule has 1 aliphatic rings. The summed E-state index contributed by atoms with van der Waals surface area (Å²) < 4.78 is 16.4. The lowest BCUT2D eigenvalue weighted by molar-refractivity contribution is 0.0544. The number of amides is 2. The summed E-state index contributed by atoms with van der Waals surface area (Å²) in [6.45, 7) is 4.15. The van der Waals surface area contributed by atoms with Gasteiger partial charge in [0.25, 0.3) is 11.8 Å². The van der Waals surface area contributed by atoms with E-state index < -0.39 is 17.9 Å². The normalized spacial score (nSPS) is 14.3. The Morgan fingerprint density at radius 1 is 1.03 bits per heavy atom. The van der Waals surface area contributed by atoms with Crippen molar-refractivity contribution in [2.75, 3.05) is 20.8 Å². The van der Waals surface area contributed by atoms with Gasteiger partial charge in [0, 0.05) is 13.7 Å². The maximum absolute atomic E-state index is 13.0. The van der Waals surface area contributed by atoms with Crippen LogP contribution in [0, 0.1) is 0 Å². The second-order valence-electron chi connectivity index (χ2n) is 7.05. The molecule has 1 aliphatic heterocycles. The third kappa shape index (κ3) is 3.91. The van der Waals surface area contributed by atoms with E-state index in [0.29, 0.717) is 30.1 Å². The molecular formula is C22H25NO6. The van der Waals surface area contributed by atoms with Gasteiger partial charge in [-0.05, 0) is 50.1 Å². The van der Waals surface area contributed by atoms with Crippen molar-refractivity contribution >= 4 is 11.8 Å². The number of phenols is 1. The first kappa shape index (κ1) is 20.7. The highest BCUT2D eigenvalue weighted by Gasteiger charge is 2.42. The molecule has 1 N–H and O–H groups in total. The van der Waals surface area contributed by atoms with Gasteiger partial charge in [0.1, 0.15) is 5.75 Å². The highest BCUT2D eigenvalue weighted by atomic mass is 16.5. The van der Waals surface area contributed by atoms with E-state index in [4.69, 9.17) is 14.2 Å². The van der Waals surface area contributed by atoms with Crippen LogP contribution in [0.3, 0.4) is 0 Å². The van der Waals surface area contributed by atoms with Gasteiger partial charge in [0.15, 0.2) is 11.5 Å². The average Bonchev–Trinajstić information content (AvgIpc) is 2.94. The maximum atomic E-state index is 13.0. The van der Waals surface area contributed by atoms with Crippen LogP contribution in [-0.2, 0) is 4.74 Å². The van der Waals surface area contributed by atoms with Crippen molar-refractivity contribution in [3.8, 4) is 17.2 Å². The molecule has 1 unspecified atom stereocenters. The van der Waals surface area contributed by atoms with Crippen LogP contribution in [0.5, 0.6) is 17.2 Å². The van der Waals surface area contributed by atoms with Crippen molar-refractivity contribution in [1.82, 2.24) is 4.90 Å². The van der Waals surface area contributed by atoms with Gasteiger partial charge in [0.2, 0.25) is 0 Å². The Morgan fingerprint density at radius 2 is 1.79 bits per heavy atom. The summed E-state index contributed by atoms with van der Waals surface area (Å²) in [7, 11) is 3.12. The van der Waals surface area contributed by atoms with Crippen LogP contribution in [0.2, 0.25) is 0 Å². The van der Waals surface area contributed by atoms with Crippen LogP contribution in [0.1, 0.15) is 52.6 Å². The number of hydrogen-bond acceptors (Lipinski definition) is 6. The zero-order valence-corrected chi connectivity index (χ0v) is 17.0. The Bertz CT molecular complexity index is 924. The number of fused-ring (bicyclic) bond motifs is 1. The van der Waals surface area contributed by atoms with Crippen LogP contribution in [0.25, 0.3) is 0 Å². The molecule has 0 aromatic heterocycles. The Morgan fingerprint density at radius 3 is 2.41 bits per heavy atom. The Hall–Kier alpha value is -3.06. The fourth-order valence-electron chi connectivity index (χ4n) is 3.49. The van der Waals surface area contributed by atoms with E-state index >= 15 is 0 Å². The second kappa shape index (κ2) is 8.53. The molecule has 0 saturated carbocycles. The van der Waals surface area contributed by atoms with Crippen molar-refractivity contribution in [2.45, 2.75) is 32.4 Å². The predicted molar refractivity (Wildman–Crippen MR) is 107 cm³/mol. The van der Waals surface area contributed by atoms with Gasteiger partial charge in [-0.1, -0.05) is 12.1 Å². The average molecular weight is 399 g/mol. The maximum Gasteiger partial charge on any atom is 0.265 e. The topological polar surface area (TPSA) is 85.3 Å². The second-order valence-corrected chi connectivity index (χ2v) is 7.05. The van der Waals surface area contributed by atoms with E-state index in [9.17, 15) is 14.7 Å². The Kier molecular flexibility index (Phi) is 6.08. The number of carbonyl (C=O) groups excluding carboxylic acids is 2. The summed E-state index contributed by atoms with van der Waals surface area (Å²) in [6, 6.07) is 9.25. The van der Waals surface area contributed by atoms with E-state index in [1.165, 1.54) is 11.0 Å². The number of methoxy groups -OCH3 is 2. The molecule has 0 fully saturated rings. The van der Waals surface area contributed by atoms with Gasteiger partial charge < -0.3 is 19.3 Å². The minimum atomic E-state index is -0.581. The molecule has 0 saturated heterocycles. The monoisotopic (exact) mass is 399 g/mol. The third-order valence-electron chi connectivity index (χ3n) is 4.77. The number of phenolic OH excluding ortho intramolecular Hbond substituents is 1. The molecule has 2 aromatic carbocycles. The van der Waals surface area contributed by atoms with Gasteiger partial charge >= 0.3 is 0 Å². The van der Waals surface area contributed by atoms with Crippen molar-refractivity contribution in [3.05, 3.63) is 53.1 Å². The van der Waals surface area contributed by atoms with Crippen molar-refractivity contribution in [3.63, 3.8) is 0 Å². The SMILES string of the molecule is COCCC(c1ccc(OC)c(OC(C)C)c1)N1C(=O)c2cccc(O)c2C1=O. The number of hydrogen-bond donors (Lipinski definition) is 1. The van der Waals surface area contributed by atoms with E-state index in [0.717, 1.165) is 0 Å². The molecule has 0 spiro atoms. The summed E-state index contributed by atoms with van der Waals surface area (Å²) in [4.78, 5) is 27.2. The molecule has 3 rings (SSSR count). The van der Waals surface area contributed by atoms with E-state index in [1.54, 1.807) is 44.6 Å². The lowest BCUT2D eigenvalue weighted by Gasteiger charge is -2.27. The van der Waals surface area contributed by atoms with Gasteiger partial charge in [0.05, 0.1) is 30.4 Å². The van der Waals surface area contributed by atoms with Gasteiger partial charge in [-0.3, -0.25) is 14.5 Å². The summed E-state index contributed by atoms with van der Waals surface area (Å²) in [5, 5.41) is 10.1. The highest BCUT2D eigenvalue weighted by Crippen LogP contribution is 2.39. The Balaban J connectivity index is 2.05. The number of benzene rings is 2. The molecule has 0 aliphatic carbocycles. The summed E-state index contributed by atoms with van der Waals surface area (Å²) in [5.74, 6) is -0.0716. The minimum Gasteiger partial charge on any atom is -0.507 e. The molecule has 7 heteroatoms. The molecular weight excluding hydrogens is 374 g/mol. The number of carbonyl (C=O) groups is 2. The molecule has 7 nitrogen and oxygen atoms in total. The van der Waals surface area contributed by atoms with Crippen molar-refractivity contribution in [1.29, 1.82) is 0 Å². The predicted octanol–water partition coefficient (Wildman–Crippen LogP) is 3.56. The molecule has 0 radical (unpaired) electrons. The first-order valence-corrected chi connectivity index (χ1v) is 9.42. The number of nitrogens with zero attached hydrogens (tertiary/aromatic N) is 1. The molecule has 2 amide bonds. The van der Waals surface area contributed by atoms with Crippen LogP contribution >= 0.6 is 0 Å². The zero-order valence-electron chi connectivity index (χ0n) is 17.0. The van der Waals surface area contributed by atoms with Crippen molar-refractivity contribution in [2.24, 2.45) is 0 Å². The standard InChI is InChI=1S/C22H25NO6/c1-13(2)29-19-12-14(8-9-18(19)28-4)16(10-11-27-3)23-21(25)15-6-5-7-17(24)20(15)22(23)26/h5-9,12-13,16,24H,10-11H2,1-4H3. The lowest BCUT2D eigenvalue weighted by atomic mass is 10.0. The number of rotatable bonds is 8. The number of ether oxygens (including phenoxy) is 3. The number of imide groups is 1. The van der Waals surface area contributed by atoms with E-state index in [2.05, 4.69) is 0 Å². The first-order valence-electron chi connectivity index (χ1n) is 9.42. The fourth-order valence-corrected chi connectivity index (χ4v) is 3.49.